The molecule has 0 aromatic heterocycles. The number of carbonyl (C=O) groups excluding carboxylic acids is 2. The molecule has 0 saturated heterocycles. The van der Waals surface area contributed by atoms with Gasteiger partial charge in [0, 0.05) is 26.6 Å². The molecule has 0 bridgehead atoms. The van der Waals surface area contributed by atoms with Crippen molar-refractivity contribution >= 4 is 45.8 Å². The molecule has 0 spiro atoms. The molecule has 2 amide bonds. The van der Waals surface area contributed by atoms with E-state index in [2.05, 4.69) is 38.5 Å². The first kappa shape index (κ1) is 18.3. The van der Waals surface area contributed by atoms with Crippen LogP contribution in [0.1, 0.15) is 24.2 Å². The Balaban J connectivity index is 1.84. The van der Waals surface area contributed by atoms with E-state index in [4.69, 9.17) is 0 Å². The minimum atomic E-state index is -0.127. The number of halogens is 1. The quantitative estimate of drug-likeness (QED) is 0.607. The molecule has 2 aromatic carbocycles. The summed E-state index contributed by atoms with van der Waals surface area (Å²) in [7, 11) is 0. The summed E-state index contributed by atoms with van der Waals surface area (Å²) in [5.41, 5.74) is 2.15. The van der Waals surface area contributed by atoms with Gasteiger partial charge in [0.1, 0.15) is 0 Å². The van der Waals surface area contributed by atoms with Gasteiger partial charge in [-0.2, -0.15) is 0 Å². The second kappa shape index (κ2) is 8.68. The summed E-state index contributed by atoms with van der Waals surface area (Å²) in [6.07, 6.45) is 0. The molecule has 0 saturated carbocycles. The van der Waals surface area contributed by atoms with Crippen LogP contribution in [0.3, 0.4) is 0 Å². The fourth-order valence-electron chi connectivity index (χ4n) is 2.01. The van der Waals surface area contributed by atoms with Crippen molar-refractivity contribution in [3.63, 3.8) is 0 Å². The van der Waals surface area contributed by atoms with Gasteiger partial charge < -0.3 is 16.0 Å². The van der Waals surface area contributed by atoms with Crippen LogP contribution in [0.15, 0.2) is 48.5 Å². The van der Waals surface area contributed by atoms with Crippen LogP contribution in [0, 0.1) is 3.57 Å². The third-order valence-corrected chi connectivity index (χ3v) is 3.87. The number of anilines is 2. The predicted octanol–water partition coefficient (Wildman–Crippen LogP) is 3.48. The lowest BCUT2D eigenvalue weighted by atomic mass is 10.2. The average molecular weight is 437 g/mol. The van der Waals surface area contributed by atoms with Gasteiger partial charge in [0.15, 0.2) is 0 Å². The molecular formula is C18H20IN3O2. The van der Waals surface area contributed by atoms with Gasteiger partial charge in [0.05, 0.1) is 6.54 Å². The highest BCUT2D eigenvalue weighted by molar-refractivity contribution is 14.1. The van der Waals surface area contributed by atoms with E-state index >= 15 is 0 Å². The maximum absolute atomic E-state index is 11.9. The maximum atomic E-state index is 11.9. The van der Waals surface area contributed by atoms with Crippen molar-refractivity contribution in [2.24, 2.45) is 0 Å². The van der Waals surface area contributed by atoms with Gasteiger partial charge in [0.2, 0.25) is 5.91 Å². The maximum Gasteiger partial charge on any atom is 0.251 e. The molecule has 0 aliphatic heterocycles. The highest BCUT2D eigenvalue weighted by atomic mass is 127. The Labute approximate surface area is 155 Å². The van der Waals surface area contributed by atoms with Crippen LogP contribution in [-0.4, -0.2) is 24.4 Å². The molecule has 0 unspecified atom stereocenters. The molecule has 0 aliphatic carbocycles. The van der Waals surface area contributed by atoms with Crippen LogP contribution in [0.4, 0.5) is 11.4 Å². The molecule has 5 nitrogen and oxygen atoms in total. The first-order valence-electron chi connectivity index (χ1n) is 7.64. The molecule has 126 valence electrons. The Morgan fingerprint density at radius 2 is 1.54 bits per heavy atom. The Morgan fingerprint density at radius 3 is 2.12 bits per heavy atom. The van der Waals surface area contributed by atoms with E-state index in [1.54, 1.807) is 24.3 Å². The van der Waals surface area contributed by atoms with Crippen LogP contribution in [0.5, 0.6) is 0 Å². The number of carbonyl (C=O) groups is 2. The molecule has 0 radical (unpaired) electrons. The number of amides is 2. The number of hydrogen-bond donors (Lipinski definition) is 3. The van der Waals surface area contributed by atoms with E-state index in [1.807, 2.05) is 38.1 Å². The van der Waals surface area contributed by atoms with E-state index in [1.165, 1.54) is 0 Å². The third kappa shape index (κ3) is 5.84. The van der Waals surface area contributed by atoms with Crippen molar-refractivity contribution in [2.75, 3.05) is 17.2 Å². The number of benzene rings is 2. The van der Waals surface area contributed by atoms with Crippen LogP contribution in [0.2, 0.25) is 0 Å². The highest BCUT2D eigenvalue weighted by Crippen LogP contribution is 2.12. The molecular weight excluding hydrogens is 417 g/mol. The van der Waals surface area contributed by atoms with Gasteiger partial charge in [-0.15, -0.1) is 0 Å². The molecule has 0 fully saturated rings. The smallest absolute Gasteiger partial charge is 0.251 e. The largest absolute Gasteiger partial charge is 0.376 e. The van der Waals surface area contributed by atoms with Crippen molar-refractivity contribution in [3.8, 4) is 0 Å². The average Bonchev–Trinajstić information content (AvgIpc) is 2.55. The van der Waals surface area contributed by atoms with Crippen LogP contribution in [0.25, 0.3) is 0 Å². The molecule has 0 aliphatic rings. The molecule has 3 N–H and O–H groups in total. The van der Waals surface area contributed by atoms with Crippen molar-refractivity contribution in [2.45, 2.75) is 19.9 Å². The van der Waals surface area contributed by atoms with E-state index in [-0.39, 0.29) is 24.4 Å². The lowest BCUT2D eigenvalue weighted by Gasteiger charge is -2.10. The molecule has 0 atom stereocenters. The minimum Gasteiger partial charge on any atom is -0.376 e. The molecule has 2 rings (SSSR count). The summed E-state index contributed by atoms with van der Waals surface area (Å²) in [4.78, 5) is 23.8. The predicted molar refractivity (Wildman–Crippen MR) is 105 cm³/mol. The van der Waals surface area contributed by atoms with E-state index in [9.17, 15) is 9.59 Å². The van der Waals surface area contributed by atoms with Gasteiger partial charge >= 0.3 is 0 Å². The van der Waals surface area contributed by atoms with E-state index in [0.717, 1.165) is 14.9 Å². The van der Waals surface area contributed by atoms with Crippen molar-refractivity contribution in [1.29, 1.82) is 0 Å². The minimum absolute atomic E-state index is 0.0975. The summed E-state index contributed by atoms with van der Waals surface area (Å²) < 4.78 is 1.12. The normalized spacial score (nSPS) is 10.3. The topological polar surface area (TPSA) is 70.2 Å². The van der Waals surface area contributed by atoms with Crippen molar-refractivity contribution in [1.82, 2.24) is 5.32 Å². The number of nitrogens with one attached hydrogen (secondary N) is 3. The molecule has 24 heavy (non-hydrogen) atoms. The Kier molecular flexibility index (Phi) is 6.60. The van der Waals surface area contributed by atoms with E-state index in [0.29, 0.717) is 5.56 Å². The van der Waals surface area contributed by atoms with Crippen LogP contribution < -0.4 is 16.0 Å². The number of rotatable bonds is 6. The van der Waals surface area contributed by atoms with Gasteiger partial charge in [-0.1, -0.05) is 0 Å². The Morgan fingerprint density at radius 1 is 0.958 bits per heavy atom. The van der Waals surface area contributed by atoms with Crippen molar-refractivity contribution in [3.05, 3.63) is 57.7 Å². The lowest BCUT2D eigenvalue weighted by Crippen LogP contribution is -2.30. The molecule has 0 heterocycles. The SMILES string of the molecule is CC(C)NC(=O)c1ccc(NCC(=O)Nc2ccc(I)cc2)cc1. The fourth-order valence-corrected chi connectivity index (χ4v) is 2.37. The monoisotopic (exact) mass is 437 g/mol. The van der Waals surface area contributed by atoms with Crippen molar-refractivity contribution < 1.29 is 9.59 Å². The highest BCUT2D eigenvalue weighted by Gasteiger charge is 2.07. The summed E-state index contributed by atoms with van der Waals surface area (Å²) in [5.74, 6) is -0.231. The zero-order valence-corrected chi connectivity index (χ0v) is 15.8. The zero-order chi connectivity index (χ0) is 17.5. The Bertz CT molecular complexity index is 697. The second-order valence-corrected chi connectivity index (χ2v) is 6.86. The van der Waals surface area contributed by atoms with Crippen LogP contribution in [-0.2, 0) is 4.79 Å². The Hall–Kier alpha value is -2.09. The third-order valence-electron chi connectivity index (χ3n) is 3.15. The summed E-state index contributed by atoms with van der Waals surface area (Å²) in [6.45, 7) is 3.99. The first-order chi connectivity index (χ1) is 11.4. The molecule has 6 heteroatoms. The number of hydrogen-bond acceptors (Lipinski definition) is 3. The molecule has 2 aromatic rings. The van der Waals surface area contributed by atoms with Crippen LogP contribution >= 0.6 is 22.6 Å². The second-order valence-electron chi connectivity index (χ2n) is 5.61. The standard InChI is InChI=1S/C18H20IN3O2/c1-12(2)21-18(24)13-3-7-15(8-4-13)20-11-17(23)22-16-9-5-14(19)6-10-16/h3-10,12,20H,11H2,1-2H3,(H,21,24)(H,22,23). The van der Waals surface area contributed by atoms with Gasteiger partial charge in [-0.25, -0.2) is 0 Å². The zero-order valence-electron chi connectivity index (χ0n) is 13.6. The summed E-state index contributed by atoms with van der Waals surface area (Å²) >= 11 is 2.21. The fraction of sp³-hybridized carbons (Fsp3) is 0.222. The van der Waals surface area contributed by atoms with Gasteiger partial charge in [-0.05, 0) is 85.0 Å². The lowest BCUT2D eigenvalue weighted by molar-refractivity contribution is -0.114. The summed E-state index contributed by atoms with van der Waals surface area (Å²) in [5, 5.41) is 8.70. The summed E-state index contributed by atoms with van der Waals surface area (Å²) in [6, 6.07) is 14.7. The van der Waals surface area contributed by atoms with Gasteiger partial charge in [-0.3, -0.25) is 9.59 Å². The van der Waals surface area contributed by atoms with E-state index < -0.39 is 0 Å². The van der Waals surface area contributed by atoms with Gasteiger partial charge in [0.25, 0.3) is 5.91 Å². The first-order valence-corrected chi connectivity index (χ1v) is 8.72.